The highest BCUT2D eigenvalue weighted by atomic mass is 35.5. The topological polar surface area (TPSA) is 85.3 Å². The highest BCUT2D eigenvalue weighted by Crippen LogP contribution is 2.41. The first kappa shape index (κ1) is 17.9. The van der Waals surface area contributed by atoms with Crippen molar-refractivity contribution in [2.24, 2.45) is 5.73 Å². The van der Waals surface area contributed by atoms with Gasteiger partial charge in [0.1, 0.15) is 17.4 Å². The third-order valence-electron chi connectivity index (χ3n) is 3.89. The molecule has 0 aliphatic carbocycles. The van der Waals surface area contributed by atoms with Crippen molar-refractivity contribution in [1.82, 2.24) is 0 Å². The summed E-state index contributed by atoms with van der Waals surface area (Å²) in [5.74, 6) is -0.832. The van der Waals surface area contributed by atoms with Crippen molar-refractivity contribution in [2.75, 3.05) is 6.61 Å². The minimum atomic E-state index is -0.641. The fraction of sp³-hybridized carbons (Fsp3) is 0.333. The summed E-state index contributed by atoms with van der Waals surface area (Å²) >= 11 is 6.23. The lowest BCUT2D eigenvalue weighted by Crippen LogP contribution is -2.25. The number of rotatable bonds is 3. The van der Waals surface area contributed by atoms with E-state index < -0.39 is 11.9 Å². The highest BCUT2D eigenvalue weighted by Gasteiger charge is 2.36. The third kappa shape index (κ3) is 3.10. The van der Waals surface area contributed by atoms with Crippen LogP contribution >= 0.6 is 11.6 Å². The maximum Gasteiger partial charge on any atom is 0.338 e. The number of aryl methyl sites for hydroxylation is 2. The summed E-state index contributed by atoms with van der Waals surface area (Å²) in [5, 5.41) is 10.2. The van der Waals surface area contributed by atoms with Crippen LogP contribution in [0.1, 0.15) is 36.5 Å². The summed E-state index contributed by atoms with van der Waals surface area (Å²) < 4.78 is 10.5. The molecule has 126 valence electrons. The molecular weight excluding hydrogens is 328 g/mol. The van der Waals surface area contributed by atoms with E-state index in [0.717, 1.165) is 16.7 Å². The second-order valence-electron chi connectivity index (χ2n) is 5.58. The SMILES string of the molecule is CCOC(=O)C1=C(C)OC(N)=C(C#N)C1c1cc(C)c(Cl)c(C)c1. The number of benzene rings is 1. The summed E-state index contributed by atoms with van der Waals surface area (Å²) in [6, 6.07) is 5.76. The zero-order valence-corrected chi connectivity index (χ0v) is 14.8. The standard InChI is InChI=1S/C18H19ClN2O3/c1-5-23-18(22)14-11(4)24-17(21)13(8-20)15(14)12-6-9(2)16(19)10(3)7-12/h6-7,15H,5,21H2,1-4H3. The number of carbonyl (C=O) groups excluding carboxylic acids is 1. The molecule has 1 aromatic carbocycles. The Kier molecular flexibility index (Phi) is 5.20. The van der Waals surface area contributed by atoms with Crippen molar-refractivity contribution >= 4 is 17.6 Å². The van der Waals surface area contributed by atoms with Crippen molar-refractivity contribution in [3.8, 4) is 6.07 Å². The molecule has 0 fully saturated rings. The molecule has 1 aromatic rings. The molecule has 1 unspecified atom stereocenters. The van der Waals surface area contributed by atoms with E-state index >= 15 is 0 Å². The molecule has 0 saturated heterocycles. The Balaban J connectivity index is 2.69. The summed E-state index contributed by atoms with van der Waals surface area (Å²) in [5.41, 5.74) is 8.80. The van der Waals surface area contributed by atoms with E-state index in [0.29, 0.717) is 10.8 Å². The Morgan fingerprint density at radius 2 is 1.96 bits per heavy atom. The molecule has 0 aromatic heterocycles. The lowest BCUT2D eigenvalue weighted by Gasteiger charge is -2.27. The summed E-state index contributed by atoms with van der Waals surface area (Å²) in [4.78, 5) is 12.4. The minimum absolute atomic E-state index is 0.00157. The largest absolute Gasteiger partial charge is 0.463 e. The average Bonchev–Trinajstić information content (AvgIpc) is 2.51. The fourth-order valence-corrected chi connectivity index (χ4v) is 2.94. The number of hydrogen-bond acceptors (Lipinski definition) is 5. The first-order valence-electron chi connectivity index (χ1n) is 7.53. The van der Waals surface area contributed by atoms with E-state index in [4.69, 9.17) is 26.8 Å². The highest BCUT2D eigenvalue weighted by molar-refractivity contribution is 6.32. The fourth-order valence-electron chi connectivity index (χ4n) is 2.83. The van der Waals surface area contributed by atoms with Crippen LogP contribution in [0.2, 0.25) is 5.02 Å². The molecule has 0 radical (unpaired) electrons. The second kappa shape index (κ2) is 6.98. The van der Waals surface area contributed by atoms with Crippen LogP contribution in [-0.2, 0) is 14.3 Å². The van der Waals surface area contributed by atoms with E-state index in [1.165, 1.54) is 0 Å². The molecule has 2 N–H and O–H groups in total. The molecule has 1 atom stereocenters. The summed E-state index contributed by atoms with van der Waals surface area (Å²) in [6.07, 6.45) is 0. The number of nitrogens with zero attached hydrogens (tertiary/aromatic N) is 1. The van der Waals surface area contributed by atoms with Crippen LogP contribution in [0.15, 0.2) is 34.9 Å². The van der Waals surface area contributed by atoms with E-state index in [-0.39, 0.29) is 23.6 Å². The van der Waals surface area contributed by atoms with E-state index in [2.05, 4.69) is 6.07 Å². The molecule has 5 nitrogen and oxygen atoms in total. The Bertz CT molecular complexity index is 780. The van der Waals surface area contributed by atoms with Crippen molar-refractivity contribution in [3.63, 3.8) is 0 Å². The van der Waals surface area contributed by atoms with Crippen molar-refractivity contribution < 1.29 is 14.3 Å². The molecule has 2 rings (SSSR count). The van der Waals surface area contributed by atoms with Gasteiger partial charge in [-0.15, -0.1) is 0 Å². The van der Waals surface area contributed by atoms with Gasteiger partial charge < -0.3 is 15.2 Å². The second-order valence-corrected chi connectivity index (χ2v) is 5.96. The number of hydrogen-bond donors (Lipinski definition) is 1. The molecule has 0 amide bonds. The number of nitrogens with two attached hydrogens (primary N) is 1. The van der Waals surface area contributed by atoms with Gasteiger partial charge in [-0.3, -0.25) is 0 Å². The van der Waals surface area contributed by atoms with Gasteiger partial charge in [-0.1, -0.05) is 23.7 Å². The summed E-state index contributed by atoms with van der Waals surface area (Å²) in [6.45, 7) is 7.33. The maximum absolute atomic E-state index is 12.4. The van der Waals surface area contributed by atoms with E-state index in [9.17, 15) is 10.1 Å². The number of halogens is 1. The van der Waals surface area contributed by atoms with Crippen LogP contribution in [0.25, 0.3) is 0 Å². The molecular formula is C18H19ClN2O3. The van der Waals surface area contributed by atoms with Gasteiger partial charge in [-0.25, -0.2) is 4.79 Å². The lowest BCUT2D eigenvalue weighted by molar-refractivity contribution is -0.139. The number of nitriles is 1. The number of carbonyl (C=O) groups is 1. The monoisotopic (exact) mass is 346 g/mol. The van der Waals surface area contributed by atoms with Crippen LogP contribution in [0.5, 0.6) is 0 Å². The first-order chi connectivity index (χ1) is 11.3. The lowest BCUT2D eigenvalue weighted by atomic mass is 9.82. The van der Waals surface area contributed by atoms with Gasteiger partial charge in [0.05, 0.1) is 18.1 Å². The summed E-state index contributed by atoms with van der Waals surface area (Å²) in [7, 11) is 0. The molecule has 0 saturated carbocycles. The maximum atomic E-state index is 12.4. The van der Waals surface area contributed by atoms with Gasteiger partial charge in [0.25, 0.3) is 0 Å². The van der Waals surface area contributed by atoms with Gasteiger partial charge in [0.2, 0.25) is 5.88 Å². The van der Waals surface area contributed by atoms with Crippen molar-refractivity contribution in [2.45, 2.75) is 33.6 Å². The van der Waals surface area contributed by atoms with Crippen LogP contribution < -0.4 is 5.73 Å². The smallest absolute Gasteiger partial charge is 0.338 e. The molecule has 1 heterocycles. The van der Waals surface area contributed by atoms with Crippen LogP contribution in [0.3, 0.4) is 0 Å². The normalized spacial score (nSPS) is 17.4. The third-order valence-corrected chi connectivity index (χ3v) is 4.49. The van der Waals surface area contributed by atoms with Gasteiger partial charge in [0.15, 0.2) is 0 Å². The predicted molar refractivity (Wildman–Crippen MR) is 90.9 cm³/mol. The number of allylic oxidation sites excluding steroid dienone is 2. The average molecular weight is 347 g/mol. The molecule has 0 spiro atoms. The van der Waals surface area contributed by atoms with Crippen molar-refractivity contribution in [1.29, 1.82) is 5.26 Å². The molecule has 1 aliphatic rings. The Labute approximate surface area is 146 Å². The molecule has 0 bridgehead atoms. The van der Waals surface area contributed by atoms with Crippen LogP contribution in [0, 0.1) is 25.2 Å². The molecule has 1 aliphatic heterocycles. The van der Waals surface area contributed by atoms with E-state index in [1.807, 2.05) is 26.0 Å². The Morgan fingerprint density at radius 1 is 1.38 bits per heavy atom. The molecule has 24 heavy (non-hydrogen) atoms. The van der Waals surface area contributed by atoms with Crippen molar-refractivity contribution in [3.05, 3.63) is 56.6 Å². The first-order valence-corrected chi connectivity index (χ1v) is 7.91. The van der Waals surface area contributed by atoms with Gasteiger partial charge in [-0.05, 0) is 44.4 Å². The van der Waals surface area contributed by atoms with Gasteiger partial charge in [0, 0.05) is 5.02 Å². The van der Waals surface area contributed by atoms with Gasteiger partial charge >= 0.3 is 5.97 Å². The zero-order valence-electron chi connectivity index (χ0n) is 14.1. The minimum Gasteiger partial charge on any atom is -0.463 e. The van der Waals surface area contributed by atoms with Crippen LogP contribution in [0.4, 0.5) is 0 Å². The quantitative estimate of drug-likeness (QED) is 0.845. The van der Waals surface area contributed by atoms with Gasteiger partial charge in [-0.2, -0.15) is 5.26 Å². The Hall–Kier alpha value is -2.45. The zero-order chi connectivity index (χ0) is 18.0. The van der Waals surface area contributed by atoms with E-state index in [1.54, 1.807) is 13.8 Å². The predicted octanol–water partition coefficient (Wildman–Crippen LogP) is 3.60. The number of ether oxygens (including phenoxy) is 2. The number of esters is 1. The molecule has 6 heteroatoms. The van der Waals surface area contributed by atoms with Crippen LogP contribution in [-0.4, -0.2) is 12.6 Å². The Morgan fingerprint density at radius 3 is 2.46 bits per heavy atom.